The molecule has 0 aromatic heterocycles. The standard InChI is InChI=1S/C6H4Cl3NO4/c7-6(8,9)5(13)10-2-1-3(11)14-4(2)12/h2H,1H2,(H,10,13)/t2-/m0/s1. The molecular formula is C6H4Cl3NO4. The van der Waals surface area contributed by atoms with Crippen LogP contribution in [0.5, 0.6) is 0 Å². The Morgan fingerprint density at radius 2 is 2.00 bits per heavy atom. The third-order valence-corrected chi connectivity index (χ3v) is 1.95. The third kappa shape index (κ3) is 2.73. The predicted octanol–water partition coefficient (Wildman–Crippen LogP) is 0.315. The summed E-state index contributed by atoms with van der Waals surface area (Å²) in [4.78, 5) is 32.5. The van der Waals surface area contributed by atoms with Crippen LogP contribution in [0.3, 0.4) is 0 Å². The van der Waals surface area contributed by atoms with E-state index in [0.717, 1.165) is 0 Å². The van der Waals surface area contributed by atoms with Crippen molar-refractivity contribution in [3.8, 4) is 0 Å². The average molecular weight is 260 g/mol. The summed E-state index contributed by atoms with van der Waals surface area (Å²) in [6.45, 7) is 0. The Labute approximate surface area is 93.6 Å². The van der Waals surface area contributed by atoms with Crippen LogP contribution in [-0.2, 0) is 19.1 Å². The zero-order valence-electron chi connectivity index (χ0n) is 6.55. The third-order valence-electron chi connectivity index (χ3n) is 1.43. The Morgan fingerprint density at radius 3 is 2.36 bits per heavy atom. The molecular weight excluding hydrogens is 256 g/mol. The van der Waals surface area contributed by atoms with Crippen molar-refractivity contribution in [3.05, 3.63) is 0 Å². The minimum absolute atomic E-state index is 0.245. The Balaban J connectivity index is 2.58. The molecule has 1 rings (SSSR count). The zero-order valence-corrected chi connectivity index (χ0v) is 8.82. The van der Waals surface area contributed by atoms with Gasteiger partial charge in [-0.25, -0.2) is 4.79 Å². The topological polar surface area (TPSA) is 72.5 Å². The monoisotopic (exact) mass is 259 g/mol. The number of esters is 2. The van der Waals surface area contributed by atoms with Crippen molar-refractivity contribution in [2.24, 2.45) is 0 Å². The predicted molar refractivity (Wildman–Crippen MR) is 47.9 cm³/mol. The van der Waals surface area contributed by atoms with Gasteiger partial charge in [0.25, 0.3) is 9.70 Å². The van der Waals surface area contributed by atoms with Gasteiger partial charge in [0.2, 0.25) is 0 Å². The van der Waals surface area contributed by atoms with Crippen molar-refractivity contribution in [1.82, 2.24) is 5.32 Å². The largest absolute Gasteiger partial charge is 0.392 e. The van der Waals surface area contributed by atoms with Crippen molar-refractivity contribution in [3.63, 3.8) is 0 Å². The number of alkyl halides is 3. The lowest BCUT2D eigenvalue weighted by molar-refractivity contribution is -0.153. The first kappa shape index (κ1) is 11.6. The van der Waals surface area contributed by atoms with Crippen molar-refractivity contribution in [2.45, 2.75) is 16.3 Å². The zero-order chi connectivity index (χ0) is 10.9. The van der Waals surface area contributed by atoms with Gasteiger partial charge in [0.15, 0.2) is 0 Å². The lowest BCUT2D eigenvalue weighted by atomic mass is 10.2. The van der Waals surface area contributed by atoms with Gasteiger partial charge in [0.1, 0.15) is 6.04 Å². The maximum Gasteiger partial charge on any atom is 0.336 e. The van der Waals surface area contributed by atoms with E-state index in [4.69, 9.17) is 34.8 Å². The fourth-order valence-electron chi connectivity index (χ4n) is 0.825. The Bertz CT molecular complexity index is 298. The van der Waals surface area contributed by atoms with E-state index in [1.54, 1.807) is 0 Å². The maximum absolute atomic E-state index is 11.0. The fourth-order valence-corrected chi connectivity index (χ4v) is 0.989. The van der Waals surface area contributed by atoms with Crippen LogP contribution < -0.4 is 5.32 Å². The summed E-state index contributed by atoms with van der Waals surface area (Å²) in [7, 11) is 0. The molecule has 5 nitrogen and oxygen atoms in total. The van der Waals surface area contributed by atoms with Gasteiger partial charge in [-0.3, -0.25) is 9.59 Å². The first-order valence-electron chi connectivity index (χ1n) is 3.43. The van der Waals surface area contributed by atoms with E-state index in [-0.39, 0.29) is 6.42 Å². The summed E-state index contributed by atoms with van der Waals surface area (Å²) >= 11 is 15.7. The second-order valence-corrected chi connectivity index (χ2v) is 4.80. The molecule has 1 aliphatic rings. The summed E-state index contributed by atoms with van der Waals surface area (Å²) in [6.07, 6.45) is -0.245. The van der Waals surface area contributed by atoms with Crippen LogP contribution >= 0.6 is 34.8 Å². The van der Waals surface area contributed by atoms with E-state index in [0.29, 0.717) is 0 Å². The molecule has 1 aliphatic heterocycles. The molecule has 0 bridgehead atoms. The summed E-state index contributed by atoms with van der Waals surface area (Å²) < 4.78 is 2.00. The Kier molecular flexibility index (Phi) is 3.24. The highest BCUT2D eigenvalue weighted by Gasteiger charge is 2.39. The molecule has 8 heteroatoms. The number of carbonyl (C=O) groups excluding carboxylic acids is 3. The first-order valence-corrected chi connectivity index (χ1v) is 4.56. The second-order valence-electron chi connectivity index (χ2n) is 2.52. The summed E-state index contributed by atoms with van der Waals surface area (Å²) in [5, 5.41) is 2.07. The van der Waals surface area contributed by atoms with E-state index in [2.05, 4.69) is 10.1 Å². The minimum Gasteiger partial charge on any atom is -0.392 e. The number of amides is 1. The van der Waals surface area contributed by atoms with Crippen molar-refractivity contribution in [2.75, 3.05) is 0 Å². The molecule has 0 spiro atoms. The van der Waals surface area contributed by atoms with Crippen molar-refractivity contribution in [1.29, 1.82) is 0 Å². The summed E-state index contributed by atoms with van der Waals surface area (Å²) in [5.74, 6) is -2.54. The SMILES string of the molecule is O=C1C[C@H](NC(=O)C(Cl)(Cl)Cl)C(=O)O1. The highest BCUT2D eigenvalue weighted by molar-refractivity contribution is 6.76. The van der Waals surface area contributed by atoms with E-state index < -0.39 is 27.7 Å². The van der Waals surface area contributed by atoms with Crippen LogP contribution in [0.4, 0.5) is 0 Å². The number of hydrogen-bond donors (Lipinski definition) is 1. The van der Waals surface area contributed by atoms with Gasteiger partial charge >= 0.3 is 11.9 Å². The molecule has 0 saturated carbocycles. The number of cyclic esters (lactones) is 2. The number of hydrogen-bond acceptors (Lipinski definition) is 4. The quantitative estimate of drug-likeness (QED) is 0.418. The number of rotatable bonds is 1. The van der Waals surface area contributed by atoms with Crippen LogP contribution in [0.1, 0.15) is 6.42 Å². The average Bonchev–Trinajstić information content (AvgIpc) is 2.28. The van der Waals surface area contributed by atoms with Gasteiger partial charge in [-0.15, -0.1) is 0 Å². The molecule has 1 amide bonds. The molecule has 1 heterocycles. The van der Waals surface area contributed by atoms with Crippen molar-refractivity contribution < 1.29 is 19.1 Å². The Hall–Kier alpha value is -0.520. The van der Waals surface area contributed by atoms with E-state index in [1.165, 1.54) is 0 Å². The summed E-state index contributed by atoms with van der Waals surface area (Å²) in [5.41, 5.74) is 0. The molecule has 1 atom stereocenters. The van der Waals surface area contributed by atoms with Crippen LogP contribution in [0.25, 0.3) is 0 Å². The summed E-state index contributed by atoms with van der Waals surface area (Å²) in [6, 6.07) is -1.06. The molecule has 0 aromatic rings. The van der Waals surface area contributed by atoms with Gasteiger partial charge in [0, 0.05) is 0 Å². The van der Waals surface area contributed by atoms with Gasteiger partial charge in [-0.05, 0) is 0 Å². The van der Waals surface area contributed by atoms with Crippen molar-refractivity contribution >= 4 is 52.6 Å². The number of halogens is 3. The number of ether oxygens (including phenoxy) is 1. The molecule has 1 fully saturated rings. The van der Waals surface area contributed by atoms with Crippen LogP contribution in [0.15, 0.2) is 0 Å². The van der Waals surface area contributed by atoms with E-state index in [1.807, 2.05) is 0 Å². The highest BCUT2D eigenvalue weighted by Crippen LogP contribution is 2.26. The molecule has 1 saturated heterocycles. The van der Waals surface area contributed by atoms with Crippen LogP contribution in [0.2, 0.25) is 0 Å². The first-order chi connectivity index (χ1) is 6.30. The minimum atomic E-state index is -2.16. The lowest BCUT2D eigenvalue weighted by Crippen LogP contribution is -2.43. The normalized spacial score (nSPS) is 22.1. The number of carbonyl (C=O) groups is 3. The Morgan fingerprint density at radius 1 is 1.43 bits per heavy atom. The number of nitrogens with one attached hydrogen (secondary N) is 1. The van der Waals surface area contributed by atoms with Crippen LogP contribution in [-0.4, -0.2) is 27.7 Å². The molecule has 0 aromatic carbocycles. The molecule has 78 valence electrons. The van der Waals surface area contributed by atoms with Gasteiger partial charge < -0.3 is 10.1 Å². The maximum atomic E-state index is 11.0. The molecule has 14 heavy (non-hydrogen) atoms. The molecule has 0 unspecified atom stereocenters. The fraction of sp³-hybridized carbons (Fsp3) is 0.500. The smallest absolute Gasteiger partial charge is 0.336 e. The van der Waals surface area contributed by atoms with E-state index in [9.17, 15) is 14.4 Å². The molecule has 0 radical (unpaired) electrons. The van der Waals surface area contributed by atoms with Gasteiger partial charge in [-0.2, -0.15) is 0 Å². The second kappa shape index (κ2) is 3.92. The highest BCUT2D eigenvalue weighted by atomic mass is 35.6. The molecule has 0 aliphatic carbocycles. The molecule has 1 N–H and O–H groups in total. The lowest BCUT2D eigenvalue weighted by Gasteiger charge is -2.13. The van der Waals surface area contributed by atoms with E-state index >= 15 is 0 Å². The van der Waals surface area contributed by atoms with Gasteiger partial charge in [0.05, 0.1) is 6.42 Å². The van der Waals surface area contributed by atoms with Gasteiger partial charge in [-0.1, -0.05) is 34.8 Å². The van der Waals surface area contributed by atoms with Crippen LogP contribution in [0, 0.1) is 0 Å².